The van der Waals surface area contributed by atoms with E-state index in [4.69, 9.17) is 0 Å². The molecule has 0 aliphatic carbocycles. The van der Waals surface area contributed by atoms with Crippen molar-refractivity contribution < 1.29 is 20.1 Å². The number of allylic oxidation sites excluding steroid dienone is 7. The second-order valence-corrected chi connectivity index (χ2v) is 14.9. The van der Waals surface area contributed by atoms with Crippen molar-refractivity contribution in [3.63, 3.8) is 0 Å². The van der Waals surface area contributed by atoms with Crippen molar-refractivity contribution in [2.24, 2.45) is 0 Å². The van der Waals surface area contributed by atoms with E-state index in [9.17, 15) is 20.1 Å². The molecule has 0 rings (SSSR count). The zero-order valence-electron chi connectivity index (χ0n) is 33.7. The largest absolute Gasteiger partial charge is 0.394 e. The highest BCUT2D eigenvalue weighted by molar-refractivity contribution is 5.76. The minimum Gasteiger partial charge on any atom is -0.394 e. The Bertz CT molecular complexity index is 835. The highest BCUT2D eigenvalue weighted by Gasteiger charge is 2.20. The summed E-state index contributed by atoms with van der Waals surface area (Å²) < 4.78 is 0. The Labute approximate surface area is 316 Å². The molecule has 0 fully saturated rings. The third kappa shape index (κ3) is 37.9. The van der Waals surface area contributed by atoms with E-state index in [-0.39, 0.29) is 18.9 Å². The number of amides is 1. The van der Waals surface area contributed by atoms with E-state index in [2.05, 4.69) is 55.6 Å². The lowest BCUT2D eigenvalue weighted by atomic mass is 10.0. The van der Waals surface area contributed by atoms with Crippen molar-refractivity contribution >= 4 is 5.91 Å². The second-order valence-electron chi connectivity index (χ2n) is 14.9. The Morgan fingerprint density at radius 3 is 1.25 bits per heavy atom. The molecule has 0 aromatic heterocycles. The van der Waals surface area contributed by atoms with Crippen molar-refractivity contribution in [1.29, 1.82) is 0 Å². The molecular formula is C46H85NO4. The first-order chi connectivity index (χ1) is 25.0. The Morgan fingerprint density at radius 1 is 0.490 bits per heavy atom. The Balaban J connectivity index is 3.77. The molecule has 298 valence electrons. The smallest absolute Gasteiger partial charge is 0.222 e. The minimum atomic E-state index is -0.964. The quantitative estimate of drug-likeness (QED) is 0.0377. The fourth-order valence-corrected chi connectivity index (χ4v) is 6.42. The Morgan fingerprint density at radius 2 is 0.843 bits per heavy atom. The molecule has 0 aromatic carbocycles. The van der Waals surface area contributed by atoms with E-state index in [1.807, 2.05) is 6.08 Å². The van der Waals surface area contributed by atoms with E-state index < -0.39 is 18.2 Å². The van der Waals surface area contributed by atoms with Crippen molar-refractivity contribution in [1.82, 2.24) is 5.32 Å². The van der Waals surface area contributed by atoms with Crippen molar-refractivity contribution in [3.8, 4) is 0 Å². The molecule has 0 aromatic rings. The van der Waals surface area contributed by atoms with Gasteiger partial charge < -0.3 is 20.6 Å². The summed E-state index contributed by atoms with van der Waals surface area (Å²) in [5, 5.41) is 33.1. The van der Waals surface area contributed by atoms with Crippen LogP contribution in [0.1, 0.15) is 213 Å². The maximum atomic E-state index is 12.4. The van der Waals surface area contributed by atoms with Gasteiger partial charge in [0.2, 0.25) is 5.91 Å². The zero-order valence-corrected chi connectivity index (χ0v) is 33.7. The maximum Gasteiger partial charge on any atom is 0.222 e. The van der Waals surface area contributed by atoms with Gasteiger partial charge in [0.05, 0.1) is 31.3 Å². The van der Waals surface area contributed by atoms with E-state index in [1.165, 1.54) is 135 Å². The molecule has 1 amide bonds. The lowest BCUT2D eigenvalue weighted by Gasteiger charge is -2.20. The number of unbranched alkanes of at least 4 members (excludes halogenated alkanes) is 24. The van der Waals surface area contributed by atoms with Crippen LogP contribution in [0.25, 0.3) is 0 Å². The zero-order chi connectivity index (χ0) is 37.3. The molecule has 3 atom stereocenters. The predicted octanol–water partition coefficient (Wildman–Crippen LogP) is 12.5. The number of carbonyl (C=O) groups is 1. The molecule has 0 radical (unpaired) electrons. The summed E-state index contributed by atoms with van der Waals surface area (Å²) in [6, 6.07) is -0.772. The van der Waals surface area contributed by atoms with E-state index in [0.29, 0.717) is 6.42 Å². The van der Waals surface area contributed by atoms with Crippen LogP contribution in [0.15, 0.2) is 48.6 Å². The molecule has 5 heteroatoms. The molecular weight excluding hydrogens is 631 g/mol. The summed E-state index contributed by atoms with van der Waals surface area (Å²) in [5.41, 5.74) is 0. The standard InChI is InChI=1S/C46H85NO4/c1-3-5-7-9-11-13-15-17-19-20-21-22-23-24-25-26-28-30-32-34-36-38-40-45(50)44(42-48)47-46(51)41-43(49)39-37-35-33-31-29-27-18-16-14-12-10-8-6-4-2/h24-25,27,29-30,32,38,40,43-45,48-50H,3-23,26,28,31,33-37,39,41-42H2,1-2H3,(H,47,51)/b25-24+,29-27-,32-30+,40-38+. The van der Waals surface area contributed by atoms with Gasteiger partial charge in [-0.1, -0.05) is 184 Å². The van der Waals surface area contributed by atoms with Gasteiger partial charge in [0.25, 0.3) is 0 Å². The highest BCUT2D eigenvalue weighted by Crippen LogP contribution is 2.14. The van der Waals surface area contributed by atoms with Crippen LogP contribution in [0.2, 0.25) is 0 Å². The number of rotatable bonds is 39. The lowest BCUT2D eigenvalue weighted by molar-refractivity contribution is -0.124. The molecule has 4 N–H and O–H groups in total. The summed E-state index contributed by atoms with van der Waals surface area (Å²) in [6.45, 7) is 4.18. The van der Waals surface area contributed by atoms with Gasteiger partial charge in [-0.3, -0.25) is 4.79 Å². The summed E-state index contributed by atoms with van der Waals surface area (Å²) in [4.78, 5) is 12.4. The van der Waals surface area contributed by atoms with Crippen LogP contribution in [-0.4, -0.2) is 46.1 Å². The van der Waals surface area contributed by atoms with Crippen LogP contribution >= 0.6 is 0 Å². The van der Waals surface area contributed by atoms with E-state index in [0.717, 1.165) is 51.4 Å². The van der Waals surface area contributed by atoms with Crippen LogP contribution in [0, 0.1) is 0 Å². The van der Waals surface area contributed by atoms with E-state index >= 15 is 0 Å². The average molecular weight is 716 g/mol. The number of aliphatic hydroxyl groups excluding tert-OH is 3. The van der Waals surface area contributed by atoms with Gasteiger partial charge in [0.15, 0.2) is 0 Å². The second kappa shape index (κ2) is 41.1. The molecule has 0 heterocycles. The SMILES string of the molecule is CCCCCCCCC/C=C\CCCCCC(O)CC(=O)NC(CO)C(O)/C=C/CC/C=C/CC/C=C/CCCCCCCCCCCCCC. The molecule has 51 heavy (non-hydrogen) atoms. The molecule has 3 unspecified atom stereocenters. The molecule has 0 bridgehead atoms. The van der Waals surface area contributed by atoms with Gasteiger partial charge in [-0.25, -0.2) is 0 Å². The predicted molar refractivity (Wildman–Crippen MR) is 222 cm³/mol. The van der Waals surface area contributed by atoms with Gasteiger partial charge in [-0.05, 0) is 70.6 Å². The van der Waals surface area contributed by atoms with Gasteiger partial charge in [0, 0.05) is 0 Å². The van der Waals surface area contributed by atoms with Gasteiger partial charge in [-0.2, -0.15) is 0 Å². The van der Waals surface area contributed by atoms with E-state index in [1.54, 1.807) is 6.08 Å². The van der Waals surface area contributed by atoms with Gasteiger partial charge in [-0.15, -0.1) is 0 Å². The molecule has 0 saturated carbocycles. The third-order valence-electron chi connectivity index (χ3n) is 9.82. The van der Waals surface area contributed by atoms with Crippen LogP contribution in [-0.2, 0) is 4.79 Å². The number of nitrogens with one attached hydrogen (secondary N) is 1. The van der Waals surface area contributed by atoms with Crippen molar-refractivity contribution in [2.75, 3.05) is 6.61 Å². The number of aliphatic hydroxyl groups is 3. The van der Waals surface area contributed by atoms with Crippen LogP contribution in [0.5, 0.6) is 0 Å². The lowest BCUT2D eigenvalue weighted by Crippen LogP contribution is -2.45. The summed E-state index contributed by atoms with van der Waals surface area (Å²) >= 11 is 0. The van der Waals surface area contributed by atoms with Gasteiger partial charge >= 0.3 is 0 Å². The molecule has 0 aliphatic heterocycles. The number of hydrogen-bond donors (Lipinski definition) is 4. The fourth-order valence-electron chi connectivity index (χ4n) is 6.42. The maximum absolute atomic E-state index is 12.4. The average Bonchev–Trinajstić information content (AvgIpc) is 3.12. The monoisotopic (exact) mass is 716 g/mol. The summed E-state index contributed by atoms with van der Waals surface area (Å²) in [5.74, 6) is -0.339. The fraction of sp³-hybridized carbons (Fsp3) is 0.804. The summed E-state index contributed by atoms with van der Waals surface area (Å²) in [7, 11) is 0. The number of carbonyl (C=O) groups excluding carboxylic acids is 1. The molecule has 0 spiro atoms. The van der Waals surface area contributed by atoms with Crippen molar-refractivity contribution in [3.05, 3.63) is 48.6 Å². The first-order valence-corrected chi connectivity index (χ1v) is 21.9. The van der Waals surface area contributed by atoms with Crippen LogP contribution in [0.4, 0.5) is 0 Å². The Hall–Kier alpha value is -1.69. The minimum absolute atomic E-state index is 0.00926. The van der Waals surface area contributed by atoms with Crippen LogP contribution in [0.3, 0.4) is 0 Å². The summed E-state index contributed by atoms with van der Waals surface area (Å²) in [6.07, 6.45) is 52.5. The normalized spacial score (nSPS) is 14.1. The number of hydrogen-bond acceptors (Lipinski definition) is 4. The first kappa shape index (κ1) is 49.3. The third-order valence-corrected chi connectivity index (χ3v) is 9.82. The van der Waals surface area contributed by atoms with Gasteiger partial charge in [0.1, 0.15) is 0 Å². The molecule has 0 aliphatic rings. The molecule has 0 saturated heterocycles. The Kier molecular flexibility index (Phi) is 39.7. The first-order valence-electron chi connectivity index (χ1n) is 21.9. The van der Waals surface area contributed by atoms with Crippen LogP contribution < -0.4 is 5.32 Å². The van der Waals surface area contributed by atoms with Crippen molar-refractivity contribution in [2.45, 2.75) is 231 Å². The topological polar surface area (TPSA) is 89.8 Å². The highest BCUT2D eigenvalue weighted by atomic mass is 16.3. The molecule has 5 nitrogen and oxygen atoms in total.